The van der Waals surface area contributed by atoms with Gasteiger partial charge in [-0.05, 0) is 65.4 Å². The van der Waals surface area contributed by atoms with E-state index in [0.717, 1.165) is 66.8 Å². The second-order valence-corrected chi connectivity index (χ2v) is 12.0. The normalized spacial score (nSPS) is 14.5. The van der Waals surface area contributed by atoms with Crippen LogP contribution in [-0.2, 0) is 26.0 Å². The molecule has 0 atom stereocenters. The van der Waals surface area contributed by atoms with E-state index >= 15 is 0 Å². The van der Waals surface area contributed by atoms with Crippen molar-refractivity contribution in [3.05, 3.63) is 89.0 Å². The lowest BCUT2D eigenvalue weighted by atomic mass is 9.88. The number of sulfone groups is 1. The molecule has 3 aromatic carbocycles. The molecular formula is C30H30ClNO5S. The van der Waals surface area contributed by atoms with Gasteiger partial charge in [0.1, 0.15) is 0 Å². The number of benzene rings is 3. The first-order chi connectivity index (χ1) is 18.1. The highest BCUT2D eigenvalue weighted by Gasteiger charge is 2.27. The van der Waals surface area contributed by atoms with Crippen molar-refractivity contribution in [2.24, 2.45) is 5.92 Å². The number of hydrogen-bond acceptors (Lipinski definition) is 4. The van der Waals surface area contributed by atoms with E-state index in [9.17, 15) is 18.0 Å². The lowest BCUT2D eigenvalue weighted by molar-refractivity contribution is -0.131. The van der Waals surface area contributed by atoms with Crippen molar-refractivity contribution in [1.29, 1.82) is 0 Å². The zero-order valence-electron chi connectivity index (χ0n) is 21.1. The predicted molar refractivity (Wildman–Crippen MR) is 151 cm³/mol. The van der Waals surface area contributed by atoms with Crippen LogP contribution in [0, 0.1) is 5.92 Å². The summed E-state index contributed by atoms with van der Waals surface area (Å²) >= 11 is 6.23. The van der Waals surface area contributed by atoms with Crippen molar-refractivity contribution >= 4 is 45.1 Å². The number of nitrogens with zero attached hydrogens (tertiary/aromatic N) is 1. The minimum atomic E-state index is -3.41. The monoisotopic (exact) mass is 551 g/mol. The van der Waals surface area contributed by atoms with Crippen molar-refractivity contribution in [3.8, 4) is 11.1 Å². The number of anilines is 1. The fourth-order valence-electron chi connectivity index (χ4n) is 4.80. The SMILES string of the molecule is CS(=O)(=O)c1ccc(-c2ccc(CN(C(=O)C3CCCCC3)c3cccc(C=CC(=O)O)c3)cc2)cc1Cl. The molecule has 6 nitrogen and oxygen atoms in total. The summed E-state index contributed by atoms with van der Waals surface area (Å²) in [6.07, 6.45) is 8.71. The Hall–Kier alpha value is -3.42. The summed E-state index contributed by atoms with van der Waals surface area (Å²) in [5, 5.41) is 9.17. The minimum absolute atomic E-state index is 0.0308. The standard InChI is InChI=1S/C30H30ClNO5S/c1-38(36,37)28-16-15-25(19-27(28)31)23-13-10-22(11-14-23)20-32(30(35)24-7-3-2-4-8-24)26-9-5-6-21(18-26)12-17-29(33)34/h5-6,9-19,24H,2-4,7-8,20H2,1H3,(H,33,34). The number of hydrogen-bond donors (Lipinski definition) is 1. The van der Waals surface area contributed by atoms with Crippen LogP contribution in [-0.4, -0.2) is 31.7 Å². The summed E-state index contributed by atoms with van der Waals surface area (Å²) in [6.45, 7) is 0.371. The fourth-order valence-corrected chi connectivity index (χ4v) is 6.13. The van der Waals surface area contributed by atoms with Gasteiger partial charge in [0, 0.05) is 23.9 Å². The highest BCUT2D eigenvalue weighted by molar-refractivity contribution is 7.90. The maximum atomic E-state index is 13.7. The molecule has 0 spiro atoms. The Morgan fingerprint density at radius 3 is 2.29 bits per heavy atom. The van der Waals surface area contributed by atoms with Gasteiger partial charge in [0.15, 0.2) is 9.84 Å². The number of carboxylic acids is 1. The molecule has 1 aliphatic rings. The van der Waals surface area contributed by atoms with Gasteiger partial charge in [0.25, 0.3) is 0 Å². The Bertz CT molecular complexity index is 1460. The number of carbonyl (C=O) groups excluding carboxylic acids is 1. The lowest BCUT2D eigenvalue weighted by Gasteiger charge is -2.30. The van der Waals surface area contributed by atoms with Gasteiger partial charge in [-0.3, -0.25) is 4.79 Å². The van der Waals surface area contributed by atoms with E-state index in [1.54, 1.807) is 23.1 Å². The number of amides is 1. The second kappa shape index (κ2) is 12.0. The van der Waals surface area contributed by atoms with Crippen LogP contribution in [0.2, 0.25) is 5.02 Å². The second-order valence-electron chi connectivity index (χ2n) is 9.64. The van der Waals surface area contributed by atoms with Crippen LogP contribution in [0.25, 0.3) is 17.2 Å². The van der Waals surface area contributed by atoms with E-state index in [2.05, 4.69) is 0 Å². The van der Waals surface area contributed by atoms with Gasteiger partial charge in [-0.25, -0.2) is 13.2 Å². The van der Waals surface area contributed by atoms with E-state index in [1.165, 1.54) is 12.1 Å². The first-order valence-electron chi connectivity index (χ1n) is 12.5. The Morgan fingerprint density at radius 2 is 1.66 bits per heavy atom. The van der Waals surface area contributed by atoms with Gasteiger partial charge in [-0.2, -0.15) is 0 Å². The molecule has 0 aliphatic heterocycles. The predicted octanol–water partition coefficient (Wildman–Crippen LogP) is 6.62. The molecule has 1 saturated carbocycles. The minimum Gasteiger partial charge on any atom is -0.478 e. The molecule has 0 unspecified atom stereocenters. The van der Waals surface area contributed by atoms with Crippen LogP contribution < -0.4 is 4.90 Å². The van der Waals surface area contributed by atoms with Crippen molar-refractivity contribution in [2.45, 2.75) is 43.5 Å². The van der Waals surface area contributed by atoms with Crippen LogP contribution in [0.3, 0.4) is 0 Å². The fraction of sp³-hybridized carbons (Fsp3) is 0.267. The zero-order chi connectivity index (χ0) is 27.3. The number of carbonyl (C=O) groups is 2. The third-order valence-electron chi connectivity index (χ3n) is 6.78. The Kier molecular flexibility index (Phi) is 8.69. The Balaban J connectivity index is 1.61. The van der Waals surface area contributed by atoms with Gasteiger partial charge >= 0.3 is 5.97 Å². The third-order valence-corrected chi connectivity index (χ3v) is 8.36. The highest BCUT2D eigenvalue weighted by atomic mass is 35.5. The molecule has 0 heterocycles. The van der Waals surface area contributed by atoms with Gasteiger partial charge in [0.2, 0.25) is 5.91 Å². The van der Waals surface area contributed by atoms with Gasteiger partial charge in [-0.15, -0.1) is 0 Å². The number of aliphatic carboxylic acids is 1. The van der Waals surface area contributed by atoms with Crippen LogP contribution in [0.5, 0.6) is 0 Å². The van der Waals surface area contributed by atoms with E-state index in [-0.39, 0.29) is 21.7 Å². The average Bonchev–Trinajstić information content (AvgIpc) is 2.90. The maximum absolute atomic E-state index is 13.7. The van der Waals surface area contributed by atoms with Gasteiger partial charge in [-0.1, -0.05) is 73.3 Å². The molecule has 1 fully saturated rings. The van der Waals surface area contributed by atoms with Crippen molar-refractivity contribution in [1.82, 2.24) is 0 Å². The quantitative estimate of drug-likeness (QED) is 0.317. The molecule has 198 valence electrons. The van der Waals surface area contributed by atoms with Gasteiger partial charge < -0.3 is 10.0 Å². The number of rotatable bonds is 8. The Morgan fingerprint density at radius 1 is 0.974 bits per heavy atom. The topological polar surface area (TPSA) is 91.8 Å². The van der Waals surface area contributed by atoms with Crippen molar-refractivity contribution in [3.63, 3.8) is 0 Å². The summed E-state index contributed by atoms with van der Waals surface area (Å²) in [7, 11) is -3.41. The number of carboxylic acid groups (broad SMARTS) is 1. The van der Waals surface area contributed by atoms with Gasteiger partial charge in [0.05, 0.1) is 16.5 Å². The van der Waals surface area contributed by atoms with Crippen LogP contribution in [0.15, 0.2) is 77.7 Å². The molecule has 0 aromatic heterocycles. The molecule has 38 heavy (non-hydrogen) atoms. The summed E-state index contributed by atoms with van der Waals surface area (Å²) in [6, 6.07) is 20.0. The summed E-state index contributed by atoms with van der Waals surface area (Å²) in [5.41, 5.74) is 4.03. The molecule has 4 rings (SSSR count). The van der Waals surface area contributed by atoms with E-state index < -0.39 is 15.8 Å². The molecule has 1 N–H and O–H groups in total. The first-order valence-corrected chi connectivity index (χ1v) is 14.8. The molecule has 3 aromatic rings. The van der Waals surface area contributed by atoms with Crippen LogP contribution >= 0.6 is 11.6 Å². The molecule has 0 saturated heterocycles. The summed E-state index contributed by atoms with van der Waals surface area (Å²) in [5.74, 6) is -0.981. The zero-order valence-corrected chi connectivity index (χ0v) is 22.7. The molecule has 8 heteroatoms. The number of halogens is 1. The molecule has 1 amide bonds. The summed E-state index contributed by atoms with van der Waals surface area (Å²) < 4.78 is 23.8. The van der Waals surface area contributed by atoms with Crippen molar-refractivity contribution in [2.75, 3.05) is 11.2 Å². The highest BCUT2D eigenvalue weighted by Crippen LogP contribution is 2.31. The molecule has 1 aliphatic carbocycles. The first kappa shape index (κ1) is 27.6. The Labute approximate surface area is 228 Å². The summed E-state index contributed by atoms with van der Waals surface area (Å²) in [4.78, 5) is 26.5. The van der Waals surface area contributed by atoms with E-state index in [0.29, 0.717) is 12.1 Å². The average molecular weight is 552 g/mol. The largest absolute Gasteiger partial charge is 0.478 e. The van der Waals surface area contributed by atoms with Crippen LogP contribution in [0.4, 0.5) is 5.69 Å². The third kappa shape index (κ3) is 6.91. The maximum Gasteiger partial charge on any atom is 0.328 e. The smallest absolute Gasteiger partial charge is 0.328 e. The van der Waals surface area contributed by atoms with Crippen molar-refractivity contribution < 1.29 is 23.1 Å². The van der Waals surface area contributed by atoms with Crippen LogP contribution in [0.1, 0.15) is 43.2 Å². The molecular weight excluding hydrogens is 522 g/mol. The lowest BCUT2D eigenvalue weighted by Crippen LogP contribution is -2.36. The van der Waals surface area contributed by atoms with E-state index in [4.69, 9.17) is 16.7 Å². The van der Waals surface area contributed by atoms with E-state index in [1.807, 2.05) is 42.5 Å². The molecule has 0 bridgehead atoms. The molecule has 0 radical (unpaired) electrons.